The number of carbonyl (C=O) groups is 2. The summed E-state index contributed by atoms with van der Waals surface area (Å²) in [5.41, 5.74) is 0. The first-order chi connectivity index (χ1) is 8.19. The quantitative estimate of drug-likeness (QED) is 0.803. The molecule has 0 spiro atoms. The van der Waals surface area contributed by atoms with E-state index in [1.54, 1.807) is 23.9 Å². The first-order valence-corrected chi connectivity index (χ1v) is 7.37. The Kier molecular flexibility index (Phi) is 6.07. The second-order valence-corrected chi connectivity index (χ2v) is 5.24. The molecule has 17 heavy (non-hydrogen) atoms. The zero-order valence-electron chi connectivity index (χ0n) is 9.76. The molecule has 1 aromatic rings. The van der Waals surface area contributed by atoms with Crippen molar-refractivity contribution in [3.63, 3.8) is 0 Å². The van der Waals surface area contributed by atoms with Crippen molar-refractivity contribution in [2.75, 3.05) is 19.1 Å². The third-order valence-corrected chi connectivity index (χ3v) is 3.66. The molecule has 1 amide bonds. The Morgan fingerprint density at radius 3 is 2.88 bits per heavy atom. The van der Waals surface area contributed by atoms with Gasteiger partial charge in [-0.15, -0.1) is 11.3 Å². The fraction of sp³-hybridized carbons (Fsp3) is 0.455. The summed E-state index contributed by atoms with van der Waals surface area (Å²) in [6.07, 6.45) is 2.53. The van der Waals surface area contributed by atoms with Crippen molar-refractivity contribution in [2.45, 2.75) is 12.5 Å². The second kappa shape index (κ2) is 7.34. The van der Waals surface area contributed by atoms with Crippen molar-refractivity contribution < 1.29 is 14.3 Å². The van der Waals surface area contributed by atoms with Gasteiger partial charge in [0.2, 0.25) is 0 Å². The summed E-state index contributed by atoms with van der Waals surface area (Å²) in [5, 5.41) is 4.51. The number of nitrogens with one attached hydrogen (secondary N) is 1. The van der Waals surface area contributed by atoms with E-state index >= 15 is 0 Å². The van der Waals surface area contributed by atoms with Crippen LogP contribution in [0.15, 0.2) is 17.5 Å². The van der Waals surface area contributed by atoms with Gasteiger partial charge in [-0.3, -0.25) is 4.79 Å². The van der Waals surface area contributed by atoms with E-state index in [2.05, 4.69) is 10.1 Å². The summed E-state index contributed by atoms with van der Waals surface area (Å²) in [7, 11) is 1.33. The Hall–Kier alpha value is -1.01. The predicted molar refractivity (Wildman–Crippen MR) is 70.6 cm³/mol. The first-order valence-electron chi connectivity index (χ1n) is 5.10. The lowest BCUT2D eigenvalue weighted by Gasteiger charge is -2.15. The third-order valence-electron chi connectivity index (χ3n) is 2.15. The van der Waals surface area contributed by atoms with E-state index in [0.29, 0.717) is 11.3 Å². The van der Waals surface area contributed by atoms with Crippen LogP contribution in [0.1, 0.15) is 16.1 Å². The van der Waals surface area contributed by atoms with Gasteiger partial charge in [0, 0.05) is 0 Å². The fourth-order valence-corrected chi connectivity index (χ4v) is 2.36. The van der Waals surface area contributed by atoms with Crippen molar-refractivity contribution in [3.05, 3.63) is 22.4 Å². The Morgan fingerprint density at radius 1 is 1.59 bits per heavy atom. The zero-order chi connectivity index (χ0) is 12.7. The minimum absolute atomic E-state index is 0.225. The van der Waals surface area contributed by atoms with Gasteiger partial charge in [0.05, 0.1) is 12.0 Å². The number of esters is 1. The Bertz CT molecular complexity index is 365. The van der Waals surface area contributed by atoms with E-state index in [1.165, 1.54) is 18.4 Å². The standard InChI is InChI=1S/C11H15NO3S2/c1-15-11(14)8(5-7-16-2)12-10(13)9-4-3-6-17-9/h3-4,6,8H,5,7H2,1-2H3,(H,12,13). The molecule has 0 saturated heterocycles. The van der Waals surface area contributed by atoms with Crippen molar-refractivity contribution in [1.82, 2.24) is 5.32 Å². The van der Waals surface area contributed by atoms with Crippen LogP contribution in [0.2, 0.25) is 0 Å². The molecule has 0 bridgehead atoms. The number of thiophene rings is 1. The second-order valence-electron chi connectivity index (χ2n) is 3.31. The lowest BCUT2D eigenvalue weighted by molar-refractivity contribution is -0.142. The molecule has 1 N–H and O–H groups in total. The van der Waals surface area contributed by atoms with Gasteiger partial charge in [-0.1, -0.05) is 6.07 Å². The lowest BCUT2D eigenvalue weighted by atomic mass is 10.2. The highest BCUT2D eigenvalue weighted by Gasteiger charge is 2.21. The molecular formula is C11H15NO3S2. The highest BCUT2D eigenvalue weighted by atomic mass is 32.2. The van der Waals surface area contributed by atoms with E-state index in [-0.39, 0.29) is 5.91 Å². The highest BCUT2D eigenvalue weighted by molar-refractivity contribution is 7.98. The SMILES string of the molecule is COC(=O)C(CCSC)NC(=O)c1cccs1. The van der Waals surface area contributed by atoms with Crippen LogP contribution >= 0.6 is 23.1 Å². The maximum absolute atomic E-state index is 11.8. The van der Waals surface area contributed by atoms with Gasteiger partial charge in [0.1, 0.15) is 6.04 Å². The Labute approximate surface area is 109 Å². The molecule has 1 heterocycles. The van der Waals surface area contributed by atoms with Gasteiger partial charge in [0.15, 0.2) is 0 Å². The van der Waals surface area contributed by atoms with Gasteiger partial charge in [-0.25, -0.2) is 4.79 Å². The molecule has 0 aliphatic rings. The fourth-order valence-electron chi connectivity index (χ4n) is 1.26. The normalized spacial score (nSPS) is 11.9. The number of methoxy groups -OCH3 is 1. The number of hydrogen-bond donors (Lipinski definition) is 1. The van der Waals surface area contributed by atoms with Crippen LogP contribution in [0.3, 0.4) is 0 Å². The maximum Gasteiger partial charge on any atom is 0.328 e. The van der Waals surface area contributed by atoms with Crippen LogP contribution in [0.5, 0.6) is 0 Å². The largest absolute Gasteiger partial charge is 0.467 e. The molecule has 1 atom stereocenters. The molecule has 0 aliphatic heterocycles. The van der Waals surface area contributed by atoms with E-state index in [4.69, 9.17) is 0 Å². The third kappa shape index (κ3) is 4.40. The molecule has 0 aromatic carbocycles. The van der Waals surface area contributed by atoms with Gasteiger partial charge < -0.3 is 10.1 Å². The molecule has 4 nitrogen and oxygen atoms in total. The average molecular weight is 273 g/mol. The van der Waals surface area contributed by atoms with Crippen LogP contribution in [0.25, 0.3) is 0 Å². The maximum atomic E-state index is 11.8. The molecule has 0 aliphatic carbocycles. The highest BCUT2D eigenvalue weighted by Crippen LogP contribution is 2.10. The average Bonchev–Trinajstić information content (AvgIpc) is 2.87. The van der Waals surface area contributed by atoms with Crippen LogP contribution in [-0.4, -0.2) is 37.0 Å². The van der Waals surface area contributed by atoms with E-state index in [9.17, 15) is 9.59 Å². The Balaban J connectivity index is 2.59. The molecule has 1 unspecified atom stereocenters. The van der Waals surface area contributed by atoms with Crippen molar-refractivity contribution in [1.29, 1.82) is 0 Å². The summed E-state index contributed by atoms with van der Waals surface area (Å²) < 4.78 is 4.67. The number of carbonyl (C=O) groups excluding carboxylic acids is 2. The Morgan fingerprint density at radius 2 is 2.35 bits per heavy atom. The van der Waals surface area contributed by atoms with Crippen LogP contribution < -0.4 is 5.32 Å². The van der Waals surface area contributed by atoms with Crippen LogP contribution in [0.4, 0.5) is 0 Å². The summed E-state index contributed by atoms with van der Waals surface area (Å²) in [4.78, 5) is 23.9. The van der Waals surface area contributed by atoms with Crippen LogP contribution in [0, 0.1) is 0 Å². The molecule has 1 aromatic heterocycles. The smallest absolute Gasteiger partial charge is 0.328 e. The number of hydrogen-bond acceptors (Lipinski definition) is 5. The van der Waals surface area contributed by atoms with Gasteiger partial charge >= 0.3 is 5.97 Å². The summed E-state index contributed by atoms with van der Waals surface area (Å²) >= 11 is 2.97. The molecule has 0 radical (unpaired) electrons. The molecular weight excluding hydrogens is 258 g/mol. The predicted octanol–water partition coefficient (Wildman–Crippen LogP) is 1.77. The molecule has 1 rings (SSSR count). The van der Waals surface area contributed by atoms with E-state index < -0.39 is 12.0 Å². The molecule has 6 heteroatoms. The summed E-state index contributed by atoms with van der Waals surface area (Å²) in [5.74, 6) is 0.172. The van der Waals surface area contributed by atoms with E-state index in [0.717, 1.165) is 5.75 Å². The van der Waals surface area contributed by atoms with Gasteiger partial charge in [-0.2, -0.15) is 11.8 Å². The summed E-state index contributed by atoms with van der Waals surface area (Å²) in [6, 6.07) is 2.96. The molecule has 0 fully saturated rings. The zero-order valence-corrected chi connectivity index (χ0v) is 11.4. The van der Waals surface area contributed by atoms with Gasteiger partial charge in [0.25, 0.3) is 5.91 Å². The minimum Gasteiger partial charge on any atom is -0.467 e. The lowest BCUT2D eigenvalue weighted by Crippen LogP contribution is -2.41. The number of amides is 1. The van der Waals surface area contributed by atoms with E-state index in [1.807, 2.05) is 11.6 Å². The number of ether oxygens (including phenoxy) is 1. The van der Waals surface area contributed by atoms with Crippen molar-refractivity contribution in [2.24, 2.45) is 0 Å². The molecule has 0 saturated carbocycles. The topological polar surface area (TPSA) is 55.4 Å². The van der Waals surface area contributed by atoms with Crippen molar-refractivity contribution >= 4 is 35.0 Å². The number of rotatable bonds is 6. The minimum atomic E-state index is -0.568. The van der Waals surface area contributed by atoms with Crippen molar-refractivity contribution in [3.8, 4) is 0 Å². The summed E-state index contributed by atoms with van der Waals surface area (Å²) in [6.45, 7) is 0. The molecule has 94 valence electrons. The van der Waals surface area contributed by atoms with Gasteiger partial charge in [-0.05, 0) is 29.9 Å². The number of thioether (sulfide) groups is 1. The monoisotopic (exact) mass is 273 g/mol. The van der Waals surface area contributed by atoms with Crippen LogP contribution in [-0.2, 0) is 9.53 Å². The first kappa shape index (κ1) is 14.1.